The Labute approximate surface area is 347 Å². The molecule has 1 saturated carbocycles. The van der Waals surface area contributed by atoms with Crippen molar-refractivity contribution in [3.05, 3.63) is 35.1 Å². The van der Waals surface area contributed by atoms with Crippen LogP contribution < -0.4 is 5.73 Å². The zero-order valence-corrected chi connectivity index (χ0v) is 37.0. The molecule has 0 aromatic carbocycles. The number of allylic oxidation sites excluding steroid dienone is 5. The molecule has 4 rings (SSSR count). The summed E-state index contributed by atoms with van der Waals surface area (Å²) in [6.07, 6.45) is 10.3. The summed E-state index contributed by atoms with van der Waals surface area (Å²) in [7, 11) is 3.11. The molecule has 0 aromatic heterocycles. The van der Waals surface area contributed by atoms with Crippen LogP contribution in [0.2, 0.25) is 0 Å². The van der Waals surface area contributed by atoms with Gasteiger partial charge in [0.1, 0.15) is 30.1 Å². The molecule has 12 heteroatoms. The molecule has 0 radical (unpaired) electrons. The van der Waals surface area contributed by atoms with Crippen molar-refractivity contribution in [1.29, 1.82) is 0 Å². The molecule has 0 aromatic rings. The maximum atomic E-state index is 14.4. The maximum absolute atomic E-state index is 14.4. The Balaban J connectivity index is 1.73. The fraction of sp³-hybridized carbons (Fsp3) is 0.783. The Morgan fingerprint density at radius 3 is 2.33 bits per heavy atom. The molecule has 2 saturated heterocycles. The fourth-order valence-corrected chi connectivity index (χ4v) is 9.62. The van der Waals surface area contributed by atoms with Gasteiger partial charge in [-0.3, -0.25) is 14.4 Å². The van der Waals surface area contributed by atoms with Crippen LogP contribution >= 0.6 is 0 Å². The molecular weight excluding hydrogens is 741 g/mol. The highest BCUT2D eigenvalue weighted by Crippen LogP contribution is 2.39. The third kappa shape index (κ3) is 11.7. The van der Waals surface area contributed by atoms with Gasteiger partial charge in [-0.15, -0.1) is 0 Å². The topological polar surface area (TPSA) is 164 Å². The second-order valence-electron chi connectivity index (χ2n) is 17.9. The third-order valence-corrected chi connectivity index (χ3v) is 13.3. The SMILES string of the molecule is CC=C(C)OC1CC(C=C(C)C2OC(=O)C3CCCCN3C(=O)C(=O)C3(O)OC(C(OC)CC(C)CC(C)=CC(CC)C(=O)CCC2C)C(OC)CC3C)CCC1N. The number of fused-ring (bicyclic) bond motifs is 3. The molecule has 3 N–H and O–H groups in total. The van der Waals surface area contributed by atoms with Crippen molar-refractivity contribution in [3.8, 4) is 0 Å². The number of methoxy groups -OCH3 is 2. The highest BCUT2D eigenvalue weighted by molar-refractivity contribution is 6.39. The van der Waals surface area contributed by atoms with E-state index < -0.39 is 59.8 Å². The average Bonchev–Trinajstić information content (AvgIpc) is 3.20. The van der Waals surface area contributed by atoms with E-state index in [0.717, 1.165) is 29.7 Å². The van der Waals surface area contributed by atoms with E-state index in [0.29, 0.717) is 57.8 Å². The summed E-state index contributed by atoms with van der Waals surface area (Å²) in [5.74, 6) is -5.24. The van der Waals surface area contributed by atoms with E-state index in [2.05, 4.69) is 19.1 Å². The van der Waals surface area contributed by atoms with Crippen molar-refractivity contribution in [3.63, 3.8) is 0 Å². The predicted octanol–water partition coefficient (Wildman–Crippen LogP) is 6.76. The Hall–Kier alpha value is -2.90. The van der Waals surface area contributed by atoms with Gasteiger partial charge in [0.15, 0.2) is 0 Å². The third-order valence-electron chi connectivity index (χ3n) is 13.3. The quantitative estimate of drug-likeness (QED) is 0.121. The number of hydrogen-bond acceptors (Lipinski definition) is 11. The number of nitrogens with two attached hydrogens (primary N) is 1. The first kappa shape index (κ1) is 47.8. The number of cyclic esters (lactones) is 1. The second kappa shape index (κ2) is 21.6. The number of piperidine rings is 1. The minimum absolute atomic E-state index is 0.0875. The average molecular weight is 815 g/mol. The van der Waals surface area contributed by atoms with Gasteiger partial charge in [-0.05, 0) is 128 Å². The van der Waals surface area contributed by atoms with Gasteiger partial charge in [0.2, 0.25) is 5.79 Å². The van der Waals surface area contributed by atoms with E-state index >= 15 is 0 Å². The standard InChI is InChI=1S/C46H74N2O10/c1-11-32(8)56-38-26-33(17-18-35(38)47)24-30(6)41-29(5)16-19-37(49)34(12-2)22-27(3)21-28(4)23-39(54-9)42-40(55-10)25-31(7)46(53,58-42)43(50)44(51)48-20-14-13-15-36(48)45(52)57-41/h11,22,24,28-29,31,33-36,38-42,53H,12-21,23,25-26,47H2,1-10H3. The van der Waals surface area contributed by atoms with Gasteiger partial charge < -0.3 is 39.4 Å². The zero-order valence-electron chi connectivity index (χ0n) is 37.0. The number of esters is 1. The van der Waals surface area contributed by atoms with Crippen LogP contribution in [0.15, 0.2) is 35.1 Å². The van der Waals surface area contributed by atoms with Crippen molar-refractivity contribution in [1.82, 2.24) is 4.90 Å². The van der Waals surface area contributed by atoms with Crippen LogP contribution in [-0.4, -0.2) is 103 Å². The van der Waals surface area contributed by atoms with E-state index in [1.54, 1.807) is 21.1 Å². The van der Waals surface area contributed by atoms with Gasteiger partial charge in [0.25, 0.3) is 11.7 Å². The van der Waals surface area contributed by atoms with Crippen LogP contribution in [0, 0.1) is 29.6 Å². The number of hydrogen-bond donors (Lipinski definition) is 2. The lowest BCUT2D eigenvalue weighted by Crippen LogP contribution is -2.64. The summed E-state index contributed by atoms with van der Waals surface area (Å²) < 4.78 is 30.7. The van der Waals surface area contributed by atoms with E-state index in [9.17, 15) is 24.3 Å². The largest absolute Gasteiger partial charge is 0.494 e. The van der Waals surface area contributed by atoms with Gasteiger partial charge in [-0.2, -0.15) is 0 Å². The number of Topliss-reactive ketones (excluding diaryl/α,β-unsaturated/α-hetero) is 2. The van der Waals surface area contributed by atoms with E-state index in [1.807, 2.05) is 47.6 Å². The zero-order chi connectivity index (χ0) is 42.9. The normalized spacial score (nSPS) is 38.6. The summed E-state index contributed by atoms with van der Waals surface area (Å²) in [6, 6.07) is -1.12. The van der Waals surface area contributed by atoms with Crippen molar-refractivity contribution in [2.75, 3.05) is 20.8 Å². The Kier molecular flexibility index (Phi) is 17.8. The summed E-state index contributed by atoms with van der Waals surface area (Å²) >= 11 is 0. The highest BCUT2D eigenvalue weighted by Gasteiger charge is 2.56. The van der Waals surface area contributed by atoms with Crippen LogP contribution in [0.3, 0.4) is 0 Å². The molecule has 58 heavy (non-hydrogen) atoms. The second-order valence-corrected chi connectivity index (χ2v) is 17.9. The Morgan fingerprint density at radius 2 is 1.67 bits per heavy atom. The molecule has 13 unspecified atom stereocenters. The lowest BCUT2D eigenvalue weighted by atomic mass is 9.81. The molecule has 12 nitrogen and oxygen atoms in total. The van der Waals surface area contributed by atoms with Crippen LogP contribution in [0.4, 0.5) is 0 Å². The summed E-state index contributed by atoms with van der Waals surface area (Å²) in [5.41, 5.74) is 8.42. The molecule has 13 atom stereocenters. The first-order valence-electron chi connectivity index (χ1n) is 21.9. The van der Waals surface area contributed by atoms with Crippen LogP contribution in [0.25, 0.3) is 0 Å². The Morgan fingerprint density at radius 1 is 0.983 bits per heavy atom. The molecular formula is C46H74N2O10. The van der Waals surface area contributed by atoms with Crippen LogP contribution in [-0.2, 0) is 42.9 Å². The van der Waals surface area contributed by atoms with Gasteiger partial charge >= 0.3 is 5.97 Å². The molecule has 1 aliphatic carbocycles. The number of nitrogens with zero attached hydrogens (tertiary/aromatic N) is 1. The molecule has 3 aliphatic heterocycles. The highest BCUT2D eigenvalue weighted by atomic mass is 16.7. The molecule has 3 fully saturated rings. The maximum Gasteiger partial charge on any atom is 0.329 e. The number of carbonyl (C=O) groups excluding carboxylic acids is 4. The van der Waals surface area contributed by atoms with Crippen molar-refractivity contribution in [2.45, 2.75) is 181 Å². The first-order valence-corrected chi connectivity index (χ1v) is 21.9. The van der Waals surface area contributed by atoms with Crippen molar-refractivity contribution >= 4 is 23.4 Å². The molecule has 328 valence electrons. The summed E-state index contributed by atoms with van der Waals surface area (Å²) in [5, 5.41) is 12.1. The van der Waals surface area contributed by atoms with Crippen molar-refractivity contribution < 1.29 is 48.0 Å². The van der Waals surface area contributed by atoms with E-state index in [1.165, 1.54) is 4.90 Å². The molecule has 4 aliphatic rings. The summed E-state index contributed by atoms with van der Waals surface area (Å²) in [6.45, 7) is 15.8. The predicted molar refractivity (Wildman–Crippen MR) is 222 cm³/mol. The first-order chi connectivity index (χ1) is 27.5. The molecule has 3 heterocycles. The summed E-state index contributed by atoms with van der Waals surface area (Å²) in [4.78, 5) is 58.0. The van der Waals surface area contributed by atoms with Gasteiger partial charge in [-0.1, -0.05) is 45.4 Å². The number of carbonyl (C=O) groups is 4. The van der Waals surface area contributed by atoms with Gasteiger partial charge in [0, 0.05) is 45.1 Å². The minimum Gasteiger partial charge on any atom is -0.494 e. The van der Waals surface area contributed by atoms with E-state index in [-0.39, 0.29) is 54.6 Å². The van der Waals surface area contributed by atoms with Crippen molar-refractivity contribution in [2.24, 2.45) is 35.3 Å². The fourth-order valence-electron chi connectivity index (χ4n) is 9.62. The number of amides is 1. The minimum atomic E-state index is -2.46. The van der Waals surface area contributed by atoms with Crippen LogP contribution in [0.5, 0.6) is 0 Å². The Bertz CT molecular complexity index is 1520. The number of rotatable bonds is 7. The number of ketones is 2. The van der Waals surface area contributed by atoms with E-state index in [4.69, 9.17) is 29.4 Å². The smallest absolute Gasteiger partial charge is 0.329 e. The molecule has 1 amide bonds. The van der Waals surface area contributed by atoms with Gasteiger partial charge in [0.05, 0.1) is 18.0 Å². The lowest BCUT2D eigenvalue weighted by Gasteiger charge is -2.47. The molecule has 0 spiro atoms. The lowest BCUT2D eigenvalue weighted by molar-refractivity contribution is -0.302. The number of aliphatic hydroxyl groups is 1. The molecule has 2 bridgehead atoms. The number of ether oxygens (including phenoxy) is 5. The van der Waals surface area contributed by atoms with Crippen LogP contribution in [0.1, 0.15) is 132 Å². The van der Waals surface area contributed by atoms with Gasteiger partial charge in [-0.25, -0.2) is 4.79 Å². The monoisotopic (exact) mass is 815 g/mol.